The number of aryl methyl sites for hydroxylation is 1. The molecule has 0 radical (unpaired) electrons. The van der Waals surface area contributed by atoms with Crippen molar-refractivity contribution in [3.8, 4) is 0 Å². The normalized spacial score (nSPS) is 16.2. The van der Waals surface area contributed by atoms with Crippen LogP contribution < -0.4 is 5.32 Å². The summed E-state index contributed by atoms with van der Waals surface area (Å²) in [6.07, 6.45) is 5.44. The van der Waals surface area contributed by atoms with Gasteiger partial charge in [0.05, 0.1) is 11.1 Å². The molecule has 1 fully saturated rings. The molecule has 0 spiro atoms. The van der Waals surface area contributed by atoms with E-state index in [1.54, 1.807) is 0 Å². The summed E-state index contributed by atoms with van der Waals surface area (Å²) in [5, 5.41) is 3.87. The van der Waals surface area contributed by atoms with Gasteiger partial charge in [-0.3, -0.25) is 14.6 Å². The summed E-state index contributed by atoms with van der Waals surface area (Å²) >= 11 is 0. The van der Waals surface area contributed by atoms with Gasteiger partial charge in [0.25, 0.3) is 5.91 Å². The lowest BCUT2D eigenvalue weighted by molar-refractivity contribution is -0.129. The second-order valence-electron chi connectivity index (χ2n) is 6.88. The van der Waals surface area contributed by atoms with Crippen molar-refractivity contribution in [2.24, 2.45) is 0 Å². The number of fused-ring (bicyclic) bond motifs is 2. The van der Waals surface area contributed by atoms with Crippen molar-refractivity contribution in [3.05, 3.63) is 41.1 Å². The van der Waals surface area contributed by atoms with Gasteiger partial charge in [0.2, 0.25) is 5.91 Å². The van der Waals surface area contributed by atoms with Crippen molar-refractivity contribution < 1.29 is 9.59 Å². The van der Waals surface area contributed by atoms with Crippen LogP contribution in [-0.2, 0) is 17.6 Å². The van der Waals surface area contributed by atoms with E-state index in [0.717, 1.165) is 72.9 Å². The zero-order valence-electron chi connectivity index (χ0n) is 14.4. The minimum atomic E-state index is -0.0778. The average molecular weight is 337 g/mol. The van der Waals surface area contributed by atoms with Crippen LogP contribution in [0, 0.1) is 0 Å². The molecule has 1 saturated heterocycles. The molecule has 1 aromatic carbocycles. The Hall–Kier alpha value is -2.43. The largest absolute Gasteiger partial charge is 0.351 e. The highest BCUT2D eigenvalue weighted by atomic mass is 16.2. The summed E-state index contributed by atoms with van der Waals surface area (Å²) in [7, 11) is 0. The van der Waals surface area contributed by atoms with Gasteiger partial charge >= 0.3 is 0 Å². The van der Waals surface area contributed by atoms with E-state index >= 15 is 0 Å². The van der Waals surface area contributed by atoms with Crippen LogP contribution in [0.5, 0.6) is 0 Å². The van der Waals surface area contributed by atoms with Crippen molar-refractivity contribution in [1.29, 1.82) is 0 Å². The first-order valence-corrected chi connectivity index (χ1v) is 9.20. The van der Waals surface area contributed by atoms with Gasteiger partial charge < -0.3 is 10.2 Å². The second kappa shape index (κ2) is 6.82. The van der Waals surface area contributed by atoms with Gasteiger partial charge in [0.1, 0.15) is 0 Å². The predicted octanol–water partition coefficient (Wildman–Crippen LogP) is 2.47. The Kier molecular flexibility index (Phi) is 4.38. The number of likely N-dealkylation sites (tertiary alicyclic amines) is 1. The average Bonchev–Trinajstić information content (AvgIpc) is 3.30. The molecule has 0 atom stereocenters. The highest BCUT2D eigenvalue weighted by Gasteiger charge is 2.24. The molecule has 2 amide bonds. The molecule has 25 heavy (non-hydrogen) atoms. The van der Waals surface area contributed by atoms with Gasteiger partial charge in [-0.15, -0.1) is 0 Å². The molecule has 5 nitrogen and oxygen atoms in total. The summed E-state index contributed by atoms with van der Waals surface area (Å²) in [5.41, 5.74) is 3.77. The maximum absolute atomic E-state index is 12.9. The van der Waals surface area contributed by atoms with E-state index in [2.05, 4.69) is 5.32 Å². The minimum absolute atomic E-state index is 0.0778. The van der Waals surface area contributed by atoms with Crippen LogP contribution in [0.1, 0.15) is 47.3 Å². The third-order valence-corrected chi connectivity index (χ3v) is 5.23. The van der Waals surface area contributed by atoms with Crippen LogP contribution in [0.3, 0.4) is 0 Å². The molecule has 4 rings (SSSR count). The first-order valence-electron chi connectivity index (χ1n) is 9.20. The quantitative estimate of drug-likeness (QED) is 0.932. The van der Waals surface area contributed by atoms with Gasteiger partial charge in [0.15, 0.2) is 0 Å². The molecule has 5 heteroatoms. The monoisotopic (exact) mass is 337 g/mol. The molecule has 1 aliphatic heterocycles. The number of pyridine rings is 1. The first kappa shape index (κ1) is 16.1. The molecule has 0 saturated carbocycles. The molecule has 0 bridgehead atoms. The number of nitrogens with one attached hydrogen (secondary N) is 1. The lowest BCUT2D eigenvalue weighted by Crippen LogP contribution is -2.33. The molecular weight excluding hydrogens is 314 g/mol. The number of hydrogen-bond acceptors (Lipinski definition) is 3. The summed E-state index contributed by atoms with van der Waals surface area (Å²) in [5.74, 6) is 0.0635. The molecule has 1 aliphatic carbocycles. The van der Waals surface area contributed by atoms with E-state index in [4.69, 9.17) is 4.98 Å². The highest BCUT2D eigenvalue weighted by molar-refractivity contribution is 6.07. The van der Waals surface area contributed by atoms with Crippen molar-refractivity contribution in [2.75, 3.05) is 19.6 Å². The third-order valence-electron chi connectivity index (χ3n) is 5.23. The lowest BCUT2D eigenvalue weighted by Gasteiger charge is -2.16. The van der Waals surface area contributed by atoms with Crippen molar-refractivity contribution in [3.63, 3.8) is 0 Å². The topological polar surface area (TPSA) is 62.3 Å². The molecule has 130 valence electrons. The Morgan fingerprint density at radius 1 is 1.08 bits per heavy atom. The van der Waals surface area contributed by atoms with Crippen LogP contribution in [0.25, 0.3) is 10.9 Å². The maximum atomic E-state index is 12.9. The SMILES string of the molecule is O=C(NCCC(=O)N1CCCC1)c1c2c(nc3ccccc13)CCC2. The fourth-order valence-corrected chi connectivity index (χ4v) is 3.97. The summed E-state index contributed by atoms with van der Waals surface area (Å²) in [6.45, 7) is 2.10. The van der Waals surface area contributed by atoms with E-state index in [-0.39, 0.29) is 11.8 Å². The maximum Gasteiger partial charge on any atom is 0.252 e. The summed E-state index contributed by atoms with van der Waals surface area (Å²) in [6, 6.07) is 7.82. The van der Waals surface area contributed by atoms with Crippen LogP contribution in [0.15, 0.2) is 24.3 Å². The second-order valence-corrected chi connectivity index (χ2v) is 6.88. The van der Waals surface area contributed by atoms with Gasteiger partial charge in [-0.25, -0.2) is 0 Å². The number of benzene rings is 1. The number of carbonyl (C=O) groups is 2. The number of amides is 2. The molecule has 2 heterocycles. The smallest absolute Gasteiger partial charge is 0.252 e. The van der Waals surface area contributed by atoms with E-state index in [1.807, 2.05) is 29.2 Å². The number of carbonyl (C=O) groups excluding carboxylic acids is 2. The minimum Gasteiger partial charge on any atom is -0.351 e. The van der Waals surface area contributed by atoms with E-state index in [0.29, 0.717) is 13.0 Å². The first-order chi connectivity index (χ1) is 12.2. The Morgan fingerprint density at radius 2 is 1.88 bits per heavy atom. The molecule has 1 aromatic heterocycles. The third kappa shape index (κ3) is 3.11. The fourth-order valence-electron chi connectivity index (χ4n) is 3.97. The molecule has 1 N–H and O–H groups in total. The Labute approximate surface area is 147 Å². The van der Waals surface area contributed by atoms with Gasteiger partial charge in [0, 0.05) is 37.1 Å². The zero-order chi connectivity index (χ0) is 17.2. The molecule has 2 aliphatic rings. The van der Waals surface area contributed by atoms with E-state index in [1.165, 1.54) is 0 Å². The Balaban J connectivity index is 1.51. The van der Waals surface area contributed by atoms with Crippen LogP contribution in [0.4, 0.5) is 0 Å². The number of nitrogens with zero attached hydrogens (tertiary/aromatic N) is 2. The van der Waals surface area contributed by atoms with Crippen molar-refractivity contribution in [1.82, 2.24) is 15.2 Å². The van der Waals surface area contributed by atoms with Gasteiger partial charge in [-0.05, 0) is 43.7 Å². The van der Waals surface area contributed by atoms with Gasteiger partial charge in [-0.1, -0.05) is 18.2 Å². The number of hydrogen-bond donors (Lipinski definition) is 1. The summed E-state index contributed by atoms with van der Waals surface area (Å²) in [4.78, 5) is 31.6. The molecule has 0 unspecified atom stereocenters. The van der Waals surface area contributed by atoms with Crippen molar-refractivity contribution >= 4 is 22.7 Å². The Morgan fingerprint density at radius 3 is 2.72 bits per heavy atom. The number of aromatic nitrogens is 1. The molecule has 2 aromatic rings. The Bertz CT molecular complexity index is 825. The van der Waals surface area contributed by atoms with Crippen LogP contribution >= 0.6 is 0 Å². The van der Waals surface area contributed by atoms with E-state index in [9.17, 15) is 9.59 Å². The standard InChI is InChI=1S/C20H23N3O2/c24-18(23-12-3-4-13-23)10-11-21-20(25)19-14-6-1-2-8-16(14)22-17-9-5-7-15(17)19/h1-2,6,8H,3-5,7,9-13H2,(H,21,25). The predicted molar refractivity (Wildman–Crippen MR) is 96.5 cm³/mol. The zero-order valence-corrected chi connectivity index (χ0v) is 14.4. The van der Waals surface area contributed by atoms with E-state index < -0.39 is 0 Å². The fraction of sp³-hybridized carbons (Fsp3) is 0.450. The lowest BCUT2D eigenvalue weighted by atomic mass is 10.0. The van der Waals surface area contributed by atoms with Crippen LogP contribution in [-0.4, -0.2) is 41.3 Å². The summed E-state index contributed by atoms with van der Waals surface area (Å²) < 4.78 is 0. The highest BCUT2D eigenvalue weighted by Crippen LogP contribution is 2.29. The van der Waals surface area contributed by atoms with Gasteiger partial charge in [-0.2, -0.15) is 0 Å². The van der Waals surface area contributed by atoms with Crippen LogP contribution in [0.2, 0.25) is 0 Å². The number of para-hydroxylation sites is 1. The number of rotatable bonds is 4. The van der Waals surface area contributed by atoms with Crippen molar-refractivity contribution in [2.45, 2.75) is 38.5 Å². The molecular formula is C20H23N3O2.